The van der Waals surface area contributed by atoms with Gasteiger partial charge in [-0.2, -0.15) is 0 Å². The summed E-state index contributed by atoms with van der Waals surface area (Å²) < 4.78 is 0. The molecule has 0 aromatic heterocycles. The van der Waals surface area contributed by atoms with Gasteiger partial charge in [0.2, 0.25) is 0 Å². The molecule has 2 heterocycles. The molecule has 2 heteroatoms. The van der Waals surface area contributed by atoms with Gasteiger partial charge in [-0.25, -0.2) is 0 Å². The smallest absolute Gasteiger partial charge is 0.0602 e. The average molecular weight is 445 g/mol. The Morgan fingerprint density at radius 2 is 0.618 bits per heavy atom. The summed E-state index contributed by atoms with van der Waals surface area (Å²) in [6.07, 6.45) is 0. The summed E-state index contributed by atoms with van der Waals surface area (Å²) in [5.41, 5.74) is 5.59. The van der Waals surface area contributed by atoms with Gasteiger partial charge in [0.15, 0.2) is 0 Å². The third-order valence-electron chi connectivity index (χ3n) is 7.73. The molecule has 0 unspecified atom stereocenters. The van der Waals surface area contributed by atoms with Crippen LogP contribution in [-0.4, -0.2) is 36.0 Å². The molecule has 0 atom stereocenters. The fourth-order valence-corrected chi connectivity index (χ4v) is 5.89. The van der Waals surface area contributed by atoms with Crippen molar-refractivity contribution in [2.75, 3.05) is 26.2 Å². The van der Waals surface area contributed by atoms with E-state index in [4.69, 9.17) is 0 Å². The molecule has 0 spiro atoms. The van der Waals surface area contributed by atoms with Crippen molar-refractivity contribution in [3.8, 4) is 0 Å². The Morgan fingerprint density at radius 3 is 0.853 bits per heavy atom. The molecule has 2 saturated heterocycles. The molecule has 0 N–H and O–H groups in total. The van der Waals surface area contributed by atoms with E-state index >= 15 is 0 Å². The van der Waals surface area contributed by atoms with Gasteiger partial charge in [-0.15, -0.1) is 0 Å². The van der Waals surface area contributed by atoms with Crippen molar-refractivity contribution in [1.82, 2.24) is 9.80 Å². The Hall–Kier alpha value is -3.20. The highest BCUT2D eigenvalue weighted by molar-refractivity contribution is 5.34. The first-order chi connectivity index (χ1) is 16.9. The van der Waals surface area contributed by atoms with Gasteiger partial charge in [-0.05, 0) is 34.1 Å². The van der Waals surface area contributed by atoms with Crippen molar-refractivity contribution < 1.29 is 0 Å². The van der Waals surface area contributed by atoms with E-state index in [1.807, 2.05) is 0 Å². The lowest BCUT2D eigenvalue weighted by Gasteiger charge is -2.54. The molecule has 34 heavy (non-hydrogen) atoms. The molecule has 2 fully saturated rings. The van der Waals surface area contributed by atoms with Crippen LogP contribution in [0.15, 0.2) is 121 Å². The zero-order chi connectivity index (χ0) is 22.7. The summed E-state index contributed by atoms with van der Waals surface area (Å²) in [5.74, 6) is 1.58. The summed E-state index contributed by atoms with van der Waals surface area (Å²) >= 11 is 0. The van der Waals surface area contributed by atoms with E-state index in [0.29, 0.717) is 12.1 Å². The van der Waals surface area contributed by atoms with Gasteiger partial charge in [0.25, 0.3) is 0 Å². The predicted molar refractivity (Wildman–Crippen MR) is 140 cm³/mol. The van der Waals surface area contributed by atoms with Crippen LogP contribution in [0.3, 0.4) is 0 Å². The van der Waals surface area contributed by atoms with Gasteiger partial charge in [-0.3, -0.25) is 9.80 Å². The van der Waals surface area contributed by atoms with Crippen molar-refractivity contribution in [2.45, 2.75) is 12.1 Å². The van der Waals surface area contributed by atoms with Crippen LogP contribution < -0.4 is 0 Å². The van der Waals surface area contributed by atoms with E-state index in [9.17, 15) is 0 Å². The number of rotatable bonds is 7. The first kappa shape index (κ1) is 21.3. The maximum atomic E-state index is 2.67. The number of likely N-dealkylation sites (tertiary alicyclic amines) is 2. The second-order valence-corrected chi connectivity index (χ2v) is 9.88. The fraction of sp³-hybridized carbons (Fsp3) is 0.250. The SMILES string of the molecule is c1ccc(C(c2ccccc2)N2CC(C3CN(C(c4ccccc4)c4ccccc4)C3)C2)cc1. The Bertz CT molecular complexity index is 989. The molecule has 6 rings (SSSR count). The molecule has 0 radical (unpaired) electrons. The third kappa shape index (κ3) is 4.20. The van der Waals surface area contributed by atoms with Crippen molar-refractivity contribution in [3.05, 3.63) is 144 Å². The van der Waals surface area contributed by atoms with Crippen LogP contribution in [0, 0.1) is 11.8 Å². The zero-order valence-corrected chi connectivity index (χ0v) is 19.6. The molecule has 0 saturated carbocycles. The Labute approximate surface area is 203 Å². The van der Waals surface area contributed by atoms with Gasteiger partial charge < -0.3 is 0 Å². The predicted octanol–water partition coefficient (Wildman–Crippen LogP) is 6.43. The summed E-state index contributed by atoms with van der Waals surface area (Å²) in [6.45, 7) is 4.76. The van der Waals surface area contributed by atoms with Crippen LogP contribution in [0.5, 0.6) is 0 Å². The number of nitrogens with zero attached hydrogens (tertiary/aromatic N) is 2. The molecule has 4 aromatic carbocycles. The number of hydrogen-bond donors (Lipinski definition) is 0. The highest BCUT2D eigenvalue weighted by Gasteiger charge is 2.44. The van der Waals surface area contributed by atoms with E-state index in [-0.39, 0.29) is 0 Å². The standard InChI is InChI=1S/C32H32N2/c1-5-13-25(14-6-1)31(26-15-7-2-8-16-26)33-21-29(22-33)30-23-34(24-30)32(27-17-9-3-10-18-27)28-19-11-4-12-20-28/h1-20,29-32H,21-24H2. The van der Waals surface area contributed by atoms with E-state index in [2.05, 4.69) is 131 Å². The van der Waals surface area contributed by atoms with Crippen LogP contribution in [0.1, 0.15) is 34.3 Å². The minimum Gasteiger partial charge on any atom is -0.292 e. The molecule has 2 nitrogen and oxygen atoms in total. The molecule has 0 aliphatic carbocycles. The maximum absolute atomic E-state index is 2.67. The second-order valence-electron chi connectivity index (χ2n) is 9.88. The van der Waals surface area contributed by atoms with E-state index in [1.165, 1.54) is 48.4 Å². The Kier molecular flexibility index (Phi) is 6.01. The van der Waals surface area contributed by atoms with Crippen LogP contribution in [0.2, 0.25) is 0 Å². The Balaban J connectivity index is 1.14. The first-order valence-corrected chi connectivity index (χ1v) is 12.5. The summed E-state index contributed by atoms with van der Waals surface area (Å²) in [6, 6.07) is 44.7. The lowest BCUT2D eigenvalue weighted by Crippen LogP contribution is -2.60. The van der Waals surface area contributed by atoms with Crippen LogP contribution in [-0.2, 0) is 0 Å². The molecule has 170 valence electrons. The highest BCUT2D eigenvalue weighted by atomic mass is 15.3. The van der Waals surface area contributed by atoms with Crippen molar-refractivity contribution >= 4 is 0 Å². The molecular weight excluding hydrogens is 412 g/mol. The second kappa shape index (κ2) is 9.58. The summed E-state index contributed by atoms with van der Waals surface area (Å²) in [5, 5.41) is 0. The van der Waals surface area contributed by atoms with Crippen molar-refractivity contribution in [2.24, 2.45) is 11.8 Å². The monoisotopic (exact) mass is 444 g/mol. The zero-order valence-electron chi connectivity index (χ0n) is 19.6. The normalized spacial score (nSPS) is 17.6. The number of benzene rings is 4. The highest BCUT2D eigenvalue weighted by Crippen LogP contribution is 2.42. The van der Waals surface area contributed by atoms with Gasteiger partial charge in [0.1, 0.15) is 0 Å². The lowest BCUT2D eigenvalue weighted by atomic mass is 9.77. The topological polar surface area (TPSA) is 6.48 Å². The van der Waals surface area contributed by atoms with Gasteiger partial charge in [-0.1, -0.05) is 121 Å². The summed E-state index contributed by atoms with van der Waals surface area (Å²) in [4.78, 5) is 5.34. The maximum Gasteiger partial charge on any atom is 0.0602 e. The van der Waals surface area contributed by atoms with E-state index in [1.54, 1.807) is 0 Å². The fourth-order valence-electron chi connectivity index (χ4n) is 5.89. The largest absolute Gasteiger partial charge is 0.292 e. The quantitative estimate of drug-likeness (QED) is 0.324. The molecule has 0 bridgehead atoms. The third-order valence-corrected chi connectivity index (χ3v) is 7.73. The molecule has 2 aliphatic heterocycles. The molecule has 2 aliphatic rings. The minimum atomic E-state index is 0.358. The lowest BCUT2D eigenvalue weighted by molar-refractivity contribution is -0.0446. The van der Waals surface area contributed by atoms with Crippen LogP contribution in [0.4, 0.5) is 0 Å². The minimum absolute atomic E-state index is 0.358. The molecule has 0 amide bonds. The van der Waals surface area contributed by atoms with E-state index in [0.717, 1.165) is 11.8 Å². The molecular formula is C32H32N2. The first-order valence-electron chi connectivity index (χ1n) is 12.5. The average Bonchev–Trinajstić information content (AvgIpc) is 2.86. The molecule has 4 aromatic rings. The summed E-state index contributed by atoms with van der Waals surface area (Å²) in [7, 11) is 0. The Morgan fingerprint density at radius 1 is 0.382 bits per heavy atom. The van der Waals surface area contributed by atoms with Gasteiger partial charge in [0, 0.05) is 26.2 Å². The van der Waals surface area contributed by atoms with Gasteiger partial charge >= 0.3 is 0 Å². The van der Waals surface area contributed by atoms with E-state index < -0.39 is 0 Å². The van der Waals surface area contributed by atoms with Crippen molar-refractivity contribution in [3.63, 3.8) is 0 Å². The van der Waals surface area contributed by atoms with Gasteiger partial charge in [0.05, 0.1) is 12.1 Å². The van der Waals surface area contributed by atoms with Crippen molar-refractivity contribution in [1.29, 1.82) is 0 Å². The van der Waals surface area contributed by atoms with Crippen LogP contribution in [0.25, 0.3) is 0 Å². The number of hydrogen-bond acceptors (Lipinski definition) is 2. The van der Waals surface area contributed by atoms with Crippen LogP contribution >= 0.6 is 0 Å².